The maximum absolute atomic E-state index is 11.1. The molecule has 2 rings (SSSR count). The molecule has 2 aromatic rings. The Balaban J connectivity index is 2.39. The molecule has 0 aliphatic rings. The Hall–Kier alpha value is -1.40. The number of carbonyl (C=O) groups is 1. The van der Waals surface area contributed by atoms with Gasteiger partial charge in [0.15, 0.2) is 0 Å². The molecule has 0 saturated carbocycles. The highest BCUT2D eigenvalue weighted by atomic mass is 79.9. The Labute approximate surface area is 133 Å². The summed E-state index contributed by atoms with van der Waals surface area (Å²) >= 11 is 6.84. The number of aryl methyl sites for hydroxylation is 1. The van der Waals surface area contributed by atoms with Crippen LogP contribution >= 0.6 is 31.9 Å². The highest BCUT2D eigenvalue weighted by Gasteiger charge is 2.09. The number of anilines is 2. The largest absolute Gasteiger partial charge is 0.478 e. The Morgan fingerprint density at radius 2 is 2.05 bits per heavy atom. The normalized spacial score (nSPS) is 10.3. The van der Waals surface area contributed by atoms with Crippen LogP contribution in [-0.2, 0) is 6.42 Å². The molecular formula is C14H12Br2N2O2. The summed E-state index contributed by atoms with van der Waals surface area (Å²) in [5, 5.41) is 12.3. The highest BCUT2D eigenvalue weighted by molar-refractivity contribution is 9.11. The van der Waals surface area contributed by atoms with E-state index in [4.69, 9.17) is 5.11 Å². The lowest BCUT2D eigenvalue weighted by Crippen LogP contribution is -2.03. The van der Waals surface area contributed by atoms with Crippen LogP contribution in [0, 0.1) is 0 Å². The molecule has 20 heavy (non-hydrogen) atoms. The zero-order valence-electron chi connectivity index (χ0n) is 10.7. The minimum Gasteiger partial charge on any atom is -0.478 e. The molecule has 0 spiro atoms. The van der Waals surface area contributed by atoms with Crippen LogP contribution in [0.15, 0.2) is 39.3 Å². The van der Waals surface area contributed by atoms with Gasteiger partial charge in [-0.3, -0.25) is 0 Å². The zero-order valence-corrected chi connectivity index (χ0v) is 13.8. The number of hydrogen-bond acceptors (Lipinski definition) is 3. The van der Waals surface area contributed by atoms with E-state index >= 15 is 0 Å². The number of rotatable bonds is 4. The number of aromatic carboxylic acids is 1. The lowest BCUT2D eigenvalue weighted by Gasteiger charge is -2.10. The summed E-state index contributed by atoms with van der Waals surface area (Å²) in [6.45, 7) is 1.94. The van der Waals surface area contributed by atoms with E-state index in [0.717, 1.165) is 20.3 Å². The van der Waals surface area contributed by atoms with E-state index in [9.17, 15) is 4.79 Å². The van der Waals surface area contributed by atoms with Gasteiger partial charge in [0, 0.05) is 14.6 Å². The quantitative estimate of drug-likeness (QED) is 0.787. The van der Waals surface area contributed by atoms with Crippen molar-refractivity contribution in [1.29, 1.82) is 0 Å². The number of nitrogens with one attached hydrogen (secondary N) is 1. The number of hydrogen-bond donors (Lipinski definition) is 2. The van der Waals surface area contributed by atoms with E-state index in [0.29, 0.717) is 12.2 Å². The van der Waals surface area contributed by atoms with Crippen LogP contribution in [0.5, 0.6) is 0 Å². The predicted molar refractivity (Wildman–Crippen MR) is 85.7 cm³/mol. The summed E-state index contributed by atoms with van der Waals surface area (Å²) in [6.07, 6.45) is 0.676. The highest BCUT2D eigenvalue weighted by Crippen LogP contribution is 2.28. The van der Waals surface area contributed by atoms with Crippen molar-refractivity contribution in [3.63, 3.8) is 0 Å². The Kier molecular flexibility index (Phi) is 4.77. The number of halogens is 2. The first-order chi connectivity index (χ1) is 9.49. The minimum atomic E-state index is -0.960. The number of carboxylic acids is 1. The fourth-order valence-corrected chi connectivity index (χ4v) is 2.39. The molecule has 0 radical (unpaired) electrons. The molecule has 0 amide bonds. The van der Waals surface area contributed by atoms with Gasteiger partial charge in [-0.2, -0.15) is 0 Å². The van der Waals surface area contributed by atoms with Crippen molar-refractivity contribution in [1.82, 2.24) is 4.98 Å². The average molecular weight is 400 g/mol. The molecule has 0 atom stereocenters. The molecule has 0 fully saturated rings. The molecule has 1 aromatic heterocycles. The third kappa shape index (κ3) is 3.58. The summed E-state index contributed by atoms with van der Waals surface area (Å²) < 4.78 is 1.80. The number of nitrogens with zero attached hydrogens (tertiary/aromatic N) is 1. The maximum atomic E-state index is 11.1. The molecule has 1 heterocycles. The molecule has 2 N–H and O–H groups in total. The first kappa shape index (κ1) is 15.0. The van der Waals surface area contributed by atoms with Gasteiger partial charge in [-0.25, -0.2) is 9.78 Å². The number of benzene rings is 1. The number of carboxylic acid groups (broad SMARTS) is 1. The van der Waals surface area contributed by atoms with Crippen molar-refractivity contribution in [3.05, 3.63) is 50.5 Å². The van der Waals surface area contributed by atoms with Crippen LogP contribution in [0.1, 0.15) is 23.0 Å². The minimum absolute atomic E-state index is 0.227. The lowest BCUT2D eigenvalue weighted by molar-refractivity contribution is 0.0696. The molecule has 0 unspecified atom stereocenters. The Bertz CT molecular complexity index is 660. The summed E-state index contributed by atoms with van der Waals surface area (Å²) in [6, 6.07) is 8.81. The molecule has 0 saturated heterocycles. The van der Waals surface area contributed by atoms with Crippen molar-refractivity contribution >= 4 is 49.3 Å². The fourth-order valence-electron chi connectivity index (χ4n) is 1.69. The van der Waals surface area contributed by atoms with Crippen LogP contribution in [-0.4, -0.2) is 16.1 Å². The van der Waals surface area contributed by atoms with Gasteiger partial charge < -0.3 is 10.4 Å². The van der Waals surface area contributed by atoms with E-state index in [1.165, 1.54) is 6.07 Å². The number of aromatic nitrogens is 1. The zero-order chi connectivity index (χ0) is 14.7. The molecular weight excluding hydrogens is 388 g/mol. The first-order valence-corrected chi connectivity index (χ1v) is 7.54. The van der Waals surface area contributed by atoms with Crippen LogP contribution < -0.4 is 5.32 Å². The smallest absolute Gasteiger partial charge is 0.335 e. The lowest BCUT2D eigenvalue weighted by atomic mass is 10.2. The summed E-state index contributed by atoms with van der Waals surface area (Å²) in [5.41, 5.74) is 1.78. The van der Waals surface area contributed by atoms with Gasteiger partial charge in [-0.15, -0.1) is 0 Å². The van der Waals surface area contributed by atoms with E-state index in [1.807, 2.05) is 25.1 Å². The molecule has 1 aromatic carbocycles. The first-order valence-electron chi connectivity index (χ1n) is 5.96. The summed E-state index contributed by atoms with van der Waals surface area (Å²) in [7, 11) is 0. The fraction of sp³-hybridized carbons (Fsp3) is 0.143. The van der Waals surface area contributed by atoms with Gasteiger partial charge in [0.05, 0.1) is 11.3 Å². The van der Waals surface area contributed by atoms with Gasteiger partial charge in [0.25, 0.3) is 0 Å². The van der Waals surface area contributed by atoms with E-state index in [1.54, 1.807) is 6.07 Å². The van der Waals surface area contributed by atoms with Crippen molar-refractivity contribution < 1.29 is 9.90 Å². The van der Waals surface area contributed by atoms with E-state index < -0.39 is 5.97 Å². The molecule has 0 aliphatic carbocycles. The maximum Gasteiger partial charge on any atom is 0.335 e. The Morgan fingerprint density at radius 3 is 2.70 bits per heavy atom. The van der Waals surface area contributed by atoms with Crippen molar-refractivity contribution in [2.45, 2.75) is 13.3 Å². The van der Waals surface area contributed by atoms with Gasteiger partial charge in [0.1, 0.15) is 5.82 Å². The molecule has 6 heteroatoms. The summed E-state index contributed by atoms with van der Waals surface area (Å²) in [4.78, 5) is 15.5. The summed E-state index contributed by atoms with van der Waals surface area (Å²) in [5.74, 6) is -0.445. The van der Waals surface area contributed by atoms with Crippen LogP contribution in [0.25, 0.3) is 0 Å². The van der Waals surface area contributed by atoms with Gasteiger partial charge >= 0.3 is 5.97 Å². The third-order valence-electron chi connectivity index (χ3n) is 2.68. The topological polar surface area (TPSA) is 62.2 Å². The van der Waals surface area contributed by atoms with Crippen LogP contribution in [0.4, 0.5) is 11.5 Å². The second-order valence-corrected chi connectivity index (χ2v) is 5.91. The third-order valence-corrected chi connectivity index (χ3v) is 3.86. The van der Waals surface area contributed by atoms with E-state index in [2.05, 4.69) is 42.2 Å². The van der Waals surface area contributed by atoms with Crippen molar-refractivity contribution in [3.8, 4) is 0 Å². The van der Waals surface area contributed by atoms with Crippen LogP contribution in [0.2, 0.25) is 0 Å². The second-order valence-electron chi connectivity index (χ2n) is 4.14. The van der Waals surface area contributed by atoms with Crippen molar-refractivity contribution in [2.24, 2.45) is 0 Å². The Morgan fingerprint density at radius 1 is 1.30 bits per heavy atom. The number of pyridine rings is 1. The second kappa shape index (κ2) is 6.37. The van der Waals surface area contributed by atoms with Gasteiger partial charge in [-0.1, -0.05) is 22.9 Å². The molecule has 0 bridgehead atoms. The molecule has 104 valence electrons. The predicted octanol–water partition coefficient (Wildman–Crippen LogP) is 4.61. The van der Waals surface area contributed by atoms with Gasteiger partial charge in [-0.05, 0) is 52.7 Å². The average Bonchev–Trinajstić information content (AvgIpc) is 2.42. The monoisotopic (exact) mass is 398 g/mol. The van der Waals surface area contributed by atoms with Gasteiger partial charge in [0.2, 0.25) is 0 Å². The van der Waals surface area contributed by atoms with E-state index in [-0.39, 0.29) is 5.56 Å². The van der Waals surface area contributed by atoms with Crippen LogP contribution in [0.3, 0.4) is 0 Å². The SMILES string of the molecule is CCc1cc(C(=O)O)cc(Nc2cc(Br)ccc2Br)n1. The molecule has 0 aliphatic heterocycles. The van der Waals surface area contributed by atoms with Crippen molar-refractivity contribution in [2.75, 3.05) is 5.32 Å². The molecule has 4 nitrogen and oxygen atoms in total. The standard InChI is InChI=1S/C14H12Br2N2O2/c1-2-10-5-8(14(19)20)6-13(17-10)18-12-7-9(15)3-4-11(12)16/h3-7H,2H2,1H3,(H,17,18)(H,19,20).